The topological polar surface area (TPSA) is 72.6 Å². The van der Waals surface area contributed by atoms with Gasteiger partial charge in [-0.25, -0.2) is 4.39 Å². The molecule has 5 nitrogen and oxygen atoms in total. The van der Waals surface area contributed by atoms with Crippen LogP contribution in [0.1, 0.15) is 12.5 Å². The first-order chi connectivity index (χ1) is 9.51. The summed E-state index contributed by atoms with van der Waals surface area (Å²) in [5, 5.41) is 20.3. The summed E-state index contributed by atoms with van der Waals surface area (Å²) in [6.07, 6.45) is 0.456. The smallest absolute Gasteiger partial charge is 0.269 e. The standard InChI is InChI=1S/C14H12FNO4/c1-2-9-7-13(17)14(8-12(9)15)20-11-5-3-10(4-6-11)16(18)19/h3-8,17H,2H2,1H3. The molecule has 0 radical (unpaired) electrons. The quantitative estimate of drug-likeness (QED) is 0.681. The van der Waals surface area contributed by atoms with Crippen molar-refractivity contribution in [3.05, 3.63) is 57.9 Å². The summed E-state index contributed by atoms with van der Waals surface area (Å²) in [6.45, 7) is 1.77. The van der Waals surface area contributed by atoms with Crippen LogP contribution in [0.25, 0.3) is 0 Å². The molecule has 0 spiro atoms. The highest BCUT2D eigenvalue weighted by Gasteiger charge is 2.11. The summed E-state index contributed by atoms with van der Waals surface area (Å²) in [5.74, 6) is -0.410. The lowest BCUT2D eigenvalue weighted by atomic mass is 10.1. The van der Waals surface area contributed by atoms with Gasteiger partial charge < -0.3 is 9.84 Å². The van der Waals surface area contributed by atoms with Crippen LogP contribution in [0.4, 0.5) is 10.1 Å². The number of hydrogen-bond acceptors (Lipinski definition) is 4. The highest BCUT2D eigenvalue weighted by molar-refractivity contribution is 5.46. The minimum atomic E-state index is -0.531. The van der Waals surface area contributed by atoms with Gasteiger partial charge in [0.25, 0.3) is 5.69 Å². The average Bonchev–Trinajstić information content (AvgIpc) is 2.43. The van der Waals surface area contributed by atoms with E-state index in [9.17, 15) is 19.6 Å². The van der Waals surface area contributed by atoms with Crippen LogP contribution in [0.2, 0.25) is 0 Å². The molecule has 2 aromatic rings. The summed E-state index contributed by atoms with van der Waals surface area (Å²) in [7, 11) is 0. The Labute approximate surface area is 114 Å². The first kappa shape index (κ1) is 13.8. The summed E-state index contributed by atoms with van der Waals surface area (Å²) < 4.78 is 18.9. The number of benzene rings is 2. The summed E-state index contributed by atoms with van der Waals surface area (Å²) in [6, 6.07) is 7.68. The van der Waals surface area contributed by atoms with Crippen LogP contribution >= 0.6 is 0 Å². The number of hydrogen-bond donors (Lipinski definition) is 1. The third-order valence-corrected chi connectivity index (χ3v) is 2.78. The predicted octanol–water partition coefficient (Wildman–Crippen LogP) is 3.79. The number of phenols is 1. The van der Waals surface area contributed by atoms with E-state index in [-0.39, 0.29) is 22.9 Å². The molecule has 2 aromatic carbocycles. The van der Waals surface area contributed by atoms with Crippen molar-refractivity contribution in [2.75, 3.05) is 0 Å². The van der Waals surface area contributed by atoms with Gasteiger partial charge in [0, 0.05) is 18.2 Å². The second-order valence-electron chi connectivity index (χ2n) is 4.12. The molecule has 0 unspecified atom stereocenters. The van der Waals surface area contributed by atoms with Crippen LogP contribution in [0.5, 0.6) is 17.2 Å². The van der Waals surface area contributed by atoms with Gasteiger partial charge in [0.1, 0.15) is 11.6 Å². The number of ether oxygens (including phenoxy) is 1. The number of rotatable bonds is 4. The normalized spacial score (nSPS) is 10.3. The zero-order valence-electron chi connectivity index (χ0n) is 10.7. The van der Waals surface area contributed by atoms with Gasteiger partial charge in [-0.3, -0.25) is 10.1 Å². The fourth-order valence-electron chi connectivity index (χ4n) is 1.70. The molecule has 0 amide bonds. The van der Waals surface area contributed by atoms with Gasteiger partial charge in [-0.15, -0.1) is 0 Å². The third kappa shape index (κ3) is 2.85. The van der Waals surface area contributed by atoms with Crippen LogP contribution in [0, 0.1) is 15.9 Å². The SMILES string of the molecule is CCc1cc(O)c(Oc2ccc([N+](=O)[O-])cc2)cc1F. The molecule has 0 fully saturated rings. The number of halogens is 1. The number of aromatic hydroxyl groups is 1. The van der Waals surface area contributed by atoms with Crippen molar-refractivity contribution in [2.24, 2.45) is 0 Å². The molecule has 6 heteroatoms. The molecule has 2 rings (SSSR count). The Kier molecular flexibility index (Phi) is 3.84. The van der Waals surface area contributed by atoms with E-state index in [1.54, 1.807) is 6.92 Å². The second kappa shape index (κ2) is 5.56. The highest BCUT2D eigenvalue weighted by Crippen LogP contribution is 2.33. The van der Waals surface area contributed by atoms with Crippen molar-refractivity contribution in [3.8, 4) is 17.2 Å². The molecule has 0 aromatic heterocycles. The summed E-state index contributed by atoms with van der Waals surface area (Å²) in [5.41, 5.74) is 0.313. The van der Waals surface area contributed by atoms with E-state index in [1.807, 2.05) is 0 Å². The third-order valence-electron chi connectivity index (χ3n) is 2.78. The molecule has 0 saturated heterocycles. The maximum Gasteiger partial charge on any atom is 0.269 e. The maximum absolute atomic E-state index is 13.6. The number of non-ortho nitro benzene ring substituents is 1. The van der Waals surface area contributed by atoms with E-state index in [0.717, 1.165) is 6.07 Å². The molecule has 0 aliphatic carbocycles. The van der Waals surface area contributed by atoms with Gasteiger partial charge in [0.15, 0.2) is 11.5 Å². The zero-order chi connectivity index (χ0) is 14.7. The maximum atomic E-state index is 13.6. The van der Waals surface area contributed by atoms with E-state index in [2.05, 4.69) is 0 Å². The number of nitro groups is 1. The van der Waals surface area contributed by atoms with Gasteiger partial charge in [0.05, 0.1) is 4.92 Å². The van der Waals surface area contributed by atoms with E-state index >= 15 is 0 Å². The lowest BCUT2D eigenvalue weighted by molar-refractivity contribution is -0.384. The molecule has 0 heterocycles. The molecule has 0 bridgehead atoms. The Hall–Kier alpha value is -2.63. The largest absolute Gasteiger partial charge is 0.504 e. The van der Waals surface area contributed by atoms with Crippen LogP contribution in [0.15, 0.2) is 36.4 Å². The second-order valence-corrected chi connectivity index (χ2v) is 4.12. The average molecular weight is 277 g/mol. The van der Waals surface area contributed by atoms with Crippen molar-refractivity contribution >= 4 is 5.69 Å². The number of nitro benzene ring substituents is 1. The van der Waals surface area contributed by atoms with Gasteiger partial charge in [-0.05, 0) is 30.2 Å². The van der Waals surface area contributed by atoms with E-state index < -0.39 is 10.7 Å². The summed E-state index contributed by atoms with van der Waals surface area (Å²) >= 11 is 0. The molecule has 0 atom stereocenters. The number of aryl methyl sites for hydroxylation is 1. The van der Waals surface area contributed by atoms with Crippen LogP contribution in [-0.2, 0) is 6.42 Å². The molecule has 1 N–H and O–H groups in total. The van der Waals surface area contributed by atoms with Crippen molar-refractivity contribution in [2.45, 2.75) is 13.3 Å². The van der Waals surface area contributed by atoms with Gasteiger partial charge in [-0.2, -0.15) is 0 Å². The Morgan fingerprint density at radius 1 is 1.30 bits per heavy atom. The van der Waals surface area contributed by atoms with Gasteiger partial charge in [-0.1, -0.05) is 6.92 Å². The Morgan fingerprint density at radius 2 is 1.95 bits per heavy atom. The minimum Gasteiger partial charge on any atom is -0.504 e. The van der Waals surface area contributed by atoms with Gasteiger partial charge in [0.2, 0.25) is 0 Å². The zero-order valence-corrected chi connectivity index (χ0v) is 10.7. The monoisotopic (exact) mass is 277 g/mol. The molecule has 20 heavy (non-hydrogen) atoms. The lowest BCUT2D eigenvalue weighted by Crippen LogP contribution is -1.92. The number of phenolic OH excluding ortho intramolecular Hbond substituents is 1. The van der Waals surface area contributed by atoms with Gasteiger partial charge >= 0.3 is 0 Å². The minimum absolute atomic E-state index is 0.0337. The van der Waals surface area contributed by atoms with E-state index in [4.69, 9.17) is 4.74 Å². The fraction of sp³-hybridized carbons (Fsp3) is 0.143. The van der Waals surface area contributed by atoms with Crippen LogP contribution < -0.4 is 4.74 Å². The highest BCUT2D eigenvalue weighted by atomic mass is 19.1. The van der Waals surface area contributed by atoms with Crippen molar-refractivity contribution in [3.63, 3.8) is 0 Å². The Balaban J connectivity index is 2.25. The molecule has 0 aliphatic rings. The van der Waals surface area contributed by atoms with Crippen molar-refractivity contribution in [1.29, 1.82) is 0 Å². The lowest BCUT2D eigenvalue weighted by Gasteiger charge is -2.09. The molecule has 104 valence electrons. The molecular formula is C14H12FNO4. The van der Waals surface area contributed by atoms with E-state index in [0.29, 0.717) is 12.0 Å². The fourth-order valence-corrected chi connectivity index (χ4v) is 1.70. The van der Waals surface area contributed by atoms with Crippen molar-refractivity contribution < 1.29 is 19.2 Å². The van der Waals surface area contributed by atoms with Crippen molar-refractivity contribution in [1.82, 2.24) is 0 Å². The molecule has 0 aliphatic heterocycles. The predicted molar refractivity (Wildman–Crippen MR) is 70.6 cm³/mol. The Bertz CT molecular complexity index is 640. The molecular weight excluding hydrogens is 265 g/mol. The molecule has 0 saturated carbocycles. The Morgan fingerprint density at radius 3 is 2.50 bits per heavy atom. The number of nitrogens with zero attached hydrogens (tertiary/aromatic N) is 1. The summed E-state index contributed by atoms with van der Waals surface area (Å²) in [4.78, 5) is 9.98. The van der Waals surface area contributed by atoms with E-state index in [1.165, 1.54) is 30.3 Å². The van der Waals surface area contributed by atoms with Crippen LogP contribution in [-0.4, -0.2) is 10.0 Å². The first-order valence-corrected chi connectivity index (χ1v) is 5.95. The van der Waals surface area contributed by atoms with Crippen LogP contribution in [0.3, 0.4) is 0 Å². The first-order valence-electron chi connectivity index (χ1n) is 5.95.